The predicted octanol–water partition coefficient (Wildman–Crippen LogP) is 2.30. The second-order valence-electron chi connectivity index (χ2n) is 4.44. The quantitative estimate of drug-likeness (QED) is 0.834. The summed E-state index contributed by atoms with van der Waals surface area (Å²) < 4.78 is 5.46. The van der Waals surface area contributed by atoms with Crippen molar-refractivity contribution in [1.29, 1.82) is 0 Å². The molecular weight excluding hydrogens is 226 g/mol. The smallest absolute Gasteiger partial charge is 0.145 e. The number of hydrogen-bond donors (Lipinski definition) is 2. The topological polar surface area (TPSA) is 60.2 Å². The van der Waals surface area contributed by atoms with Gasteiger partial charge in [0.1, 0.15) is 5.82 Å². The molecule has 1 aromatic heterocycles. The molecule has 0 radical (unpaired) electrons. The summed E-state index contributed by atoms with van der Waals surface area (Å²) >= 11 is 6.06. The summed E-state index contributed by atoms with van der Waals surface area (Å²) in [6, 6.07) is 1.70. The molecule has 3 N–H and O–H groups in total. The number of rotatable bonds is 2. The van der Waals surface area contributed by atoms with Crippen LogP contribution in [0.5, 0.6) is 0 Å². The van der Waals surface area contributed by atoms with Crippen molar-refractivity contribution in [3.05, 3.63) is 17.3 Å². The third-order valence-corrected chi connectivity index (χ3v) is 3.01. The molecule has 16 heavy (non-hydrogen) atoms. The Kier molecular flexibility index (Phi) is 3.21. The van der Waals surface area contributed by atoms with E-state index >= 15 is 0 Å². The van der Waals surface area contributed by atoms with E-state index in [0.29, 0.717) is 23.1 Å². The Labute approximate surface area is 100 Å². The van der Waals surface area contributed by atoms with Gasteiger partial charge in [-0.3, -0.25) is 0 Å². The highest BCUT2D eigenvalue weighted by atomic mass is 35.5. The number of ether oxygens (including phenoxy) is 1. The van der Waals surface area contributed by atoms with E-state index in [4.69, 9.17) is 22.1 Å². The van der Waals surface area contributed by atoms with Gasteiger partial charge in [-0.1, -0.05) is 11.6 Å². The van der Waals surface area contributed by atoms with Gasteiger partial charge in [-0.15, -0.1) is 0 Å². The minimum Gasteiger partial charge on any atom is -0.397 e. The number of nitrogens with zero attached hydrogens (tertiary/aromatic N) is 1. The summed E-state index contributed by atoms with van der Waals surface area (Å²) in [5, 5.41) is 3.88. The molecule has 1 atom stereocenters. The van der Waals surface area contributed by atoms with Crippen LogP contribution in [0.25, 0.3) is 0 Å². The average molecular weight is 242 g/mol. The molecule has 88 valence electrons. The summed E-state index contributed by atoms with van der Waals surface area (Å²) in [4.78, 5) is 4.19. The highest BCUT2D eigenvalue weighted by Gasteiger charge is 2.28. The lowest BCUT2D eigenvalue weighted by atomic mass is 9.95. The van der Waals surface area contributed by atoms with E-state index in [1.165, 1.54) is 0 Å². The number of nitrogens with one attached hydrogen (secondary N) is 1. The molecule has 1 fully saturated rings. The lowest BCUT2D eigenvalue weighted by Gasteiger charge is -2.35. The maximum atomic E-state index is 6.06. The molecule has 1 saturated heterocycles. The zero-order valence-electron chi connectivity index (χ0n) is 9.29. The van der Waals surface area contributed by atoms with Gasteiger partial charge < -0.3 is 15.8 Å². The summed E-state index contributed by atoms with van der Waals surface area (Å²) in [7, 11) is 0. The molecular formula is C11H16ClN3O. The molecule has 2 rings (SSSR count). The minimum atomic E-state index is -0.0923. The van der Waals surface area contributed by atoms with Gasteiger partial charge in [0.15, 0.2) is 0 Å². The molecule has 0 aromatic carbocycles. The minimum absolute atomic E-state index is 0.0923. The van der Waals surface area contributed by atoms with Crippen LogP contribution in [0.2, 0.25) is 5.02 Å². The number of aromatic nitrogens is 1. The maximum absolute atomic E-state index is 6.06. The first-order chi connectivity index (χ1) is 7.59. The van der Waals surface area contributed by atoms with Crippen molar-refractivity contribution in [3.63, 3.8) is 0 Å². The molecule has 4 nitrogen and oxygen atoms in total. The molecule has 5 heteroatoms. The fourth-order valence-electron chi connectivity index (χ4n) is 1.86. The van der Waals surface area contributed by atoms with E-state index in [-0.39, 0.29) is 5.54 Å². The zero-order valence-corrected chi connectivity index (χ0v) is 10.0. The van der Waals surface area contributed by atoms with E-state index in [1.807, 2.05) is 0 Å². The Bertz CT molecular complexity index is 377. The highest BCUT2D eigenvalue weighted by Crippen LogP contribution is 2.28. The fraction of sp³-hybridized carbons (Fsp3) is 0.545. The van der Waals surface area contributed by atoms with Crippen LogP contribution in [-0.2, 0) is 4.74 Å². The average Bonchev–Trinajstić information content (AvgIpc) is 2.23. The SMILES string of the molecule is CC1(Nc2ncc(N)cc2Cl)CCCOC1. The summed E-state index contributed by atoms with van der Waals surface area (Å²) in [6.07, 6.45) is 3.70. The monoisotopic (exact) mass is 241 g/mol. The van der Waals surface area contributed by atoms with Crippen LogP contribution in [0.1, 0.15) is 19.8 Å². The van der Waals surface area contributed by atoms with Crippen molar-refractivity contribution in [3.8, 4) is 0 Å². The first-order valence-electron chi connectivity index (χ1n) is 5.36. The first kappa shape index (κ1) is 11.5. The second kappa shape index (κ2) is 4.47. The van der Waals surface area contributed by atoms with Crippen molar-refractivity contribution in [1.82, 2.24) is 4.98 Å². The van der Waals surface area contributed by atoms with Crippen LogP contribution >= 0.6 is 11.6 Å². The van der Waals surface area contributed by atoms with Gasteiger partial charge in [0.2, 0.25) is 0 Å². The summed E-state index contributed by atoms with van der Waals surface area (Å²) in [5.41, 5.74) is 6.07. The number of halogens is 1. The number of nitrogens with two attached hydrogens (primary N) is 1. The predicted molar refractivity (Wildman–Crippen MR) is 65.7 cm³/mol. The largest absolute Gasteiger partial charge is 0.397 e. The van der Waals surface area contributed by atoms with E-state index in [9.17, 15) is 0 Å². The molecule has 0 bridgehead atoms. The summed E-state index contributed by atoms with van der Waals surface area (Å²) in [6.45, 7) is 3.62. The lowest BCUT2D eigenvalue weighted by Crippen LogP contribution is -2.43. The van der Waals surface area contributed by atoms with Gasteiger partial charge in [-0.25, -0.2) is 4.98 Å². The molecule has 0 amide bonds. The van der Waals surface area contributed by atoms with Gasteiger partial charge in [0.25, 0.3) is 0 Å². The standard InChI is InChI=1S/C11H16ClN3O/c1-11(3-2-4-16-7-11)15-10-9(12)5-8(13)6-14-10/h5-6H,2-4,7,13H2,1H3,(H,14,15). The lowest BCUT2D eigenvalue weighted by molar-refractivity contribution is 0.0539. The first-order valence-corrected chi connectivity index (χ1v) is 5.74. The van der Waals surface area contributed by atoms with Gasteiger partial charge >= 0.3 is 0 Å². The van der Waals surface area contributed by atoms with Gasteiger partial charge in [0.05, 0.1) is 29.1 Å². The van der Waals surface area contributed by atoms with Crippen LogP contribution in [0, 0.1) is 0 Å². The van der Waals surface area contributed by atoms with Crippen LogP contribution < -0.4 is 11.1 Å². The number of nitrogen functional groups attached to an aromatic ring is 1. The van der Waals surface area contributed by atoms with E-state index in [1.54, 1.807) is 12.3 Å². The zero-order chi connectivity index (χ0) is 11.6. The Hall–Kier alpha value is -1.00. The Morgan fingerprint density at radius 3 is 3.06 bits per heavy atom. The summed E-state index contributed by atoms with van der Waals surface area (Å²) in [5.74, 6) is 0.670. The fourth-order valence-corrected chi connectivity index (χ4v) is 2.09. The molecule has 1 aliphatic heterocycles. The van der Waals surface area contributed by atoms with Crippen LogP contribution in [0.3, 0.4) is 0 Å². The van der Waals surface area contributed by atoms with Crippen LogP contribution in [0.4, 0.5) is 11.5 Å². The molecule has 0 spiro atoms. The van der Waals surface area contributed by atoms with E-state index in [2.05, 4.69) is 17.2 Å². The third kappa shape index (κ3) is 2.57. The molecule has 0 saturated carbocycles. The second-order valence-corrected chi connectivity index (χ2v) is 4.85. The number of hydrogen-bond acceptors (Lipinski definition) is 4. The van der Waals surface area contributed by atoms with Crippen LogP contribution in [0.15, 0.2) is 12.3 Å². The van der Waals surface area contributed by atoms with Gasteiger partial charge in [-0.05, 0) is 25.8 Å². The van der Waals surface area contributed by atoms with Crippen molar-refractivity contribution < 1.29 is 4.74 Å². The third-order valence-electron chi connectivity index (χ3n) is 2.72. The van der Waals surface area contributed by atoms with Crippen molar-refractivity contribution in [2.45, 2.75) is 25.3 Å². The number of anilines is 2. The molecule has 0 aliphatic carbocycles. The van der Waals surface area contributed by atoms with Crippen molar-refractivity contribution >= 4 is 23.1 Å². The Morgan fingerprint density at radius 2 is 2.44 bits per heavy atom. The van der Waals surface area contributed by atoms with E-state index in [0.717, 1.165) is 19.4 Å². The molecule has 2 heterocycles. The van der Waals surface area contributed by atoms with Crippen LogP contribution in [-0.4, -0.2) is 23.7 Å². The normalized spacial score (nSPS) is 25.4. The number of pyridine rings is 1. The Balaban J connectivity index is 2.13. The maximum Gasteiger partial charge on any atom is 0.145 e. The molecule has 1 unspecified atom stereocenters. The van der Waals surface area contributed by atoms with Gasteiger partial charge in [-0.2, -0.15) is 0 Å². The van der Waals surface area contributed by atoms with E-state index < -0.39 is 0 Å². The highest BCUT2D eigenvalue weighted by molar-refractivity contribution is 6.33. The molecule has 1 aromatic rings. The molecule has 1 aliphatic rings. The van der Waals surface area contributed by atoms with Crippen molar-refractivity contribution in [2.75, 3.05) is 24.3 Å². The van der Waals surface area contributed by atoms with Gasteiger partial charge in [0, 0.05) is 6.61 Å². The Morgan fingerprint density at radius 1 is 1.62 bits per heavy atom. The van der Waals surface area contributed by atoms with Crippen molar-refractivity contribution in [2.24, 2.45) is 0 Å².